The Morgan fingerprint density at radius 3 is 0.800 bits per heavy atom. The summed E-state index contributed by atoms with van der Waals surface area (Å²) < 4.78 is 16.9. The Morgan fingerprint density at radius 1 is 0.267 bits per heavy atom. The highest BCUT2D eigenvalue weighted by molar-refractivity contribution is 5.71. The summed E-state index contributed by atoms with van der Waals surface area (Å²) in [5.41, 5.74) is 0. The number of hydrogen-bond donors (Lipinski definition) is 0. The summed E-state index contributed by atoms with van der Waals surface area (Å²) in [4.78, 5) is 38.3. The van der Waals surface area contributed by atoms with Crippen LogP contribution in [0.3, 0.4) is 0 Å². The minimum Gasteiger partial charge on any atom is -0.462 e. The monoisotopic (exact) mass is 1050 g/mol. The Bertz CT molecular complexity index is 1300. The van der Waals surface area contributed by atoms with Gasteiger partial charge in [-0.15, -0.1) is 0 Å². The lowest BCUT2D eigenvalue weighted by molar-refractivity contribution is -0.167. The van der Waals surface area contributed by atoms with E-state index in [4.69, 9.17) is 14.2 Å². The Hall–Kier alpha value is -2.63. The Kier molecular flexibility index (Phi) is 61.7. The zero-order chi connectivity index (χ0) is 54.3. The fourth-order valence-corrected chi connectivity index (χ4v) is 9.85. The fraction of sp³-hybridized carbons (Fsp3) is 0.841. The van der Waals surface area contributed by atoms with Crippen LogP contribution in [0.15, 0.2) is 48.6 Å². The van der Waals surface area contributed by atoms with E-state index in [0.29, 0.717) is 19.3 Å². The first-order valence-corrected chi connectivity index (χ1v) is 33.1. The third kappa shape index (κ3) is 62.1. The quantitative estimate of drug-likeness (QED) is 0.0261. The predicted molar refractivity (Wildman–Crippen MR) is 325 cm³/mol. The zero-order valence-corrected chi connectivity index (χ0v) is 50.3. The van der Waals surface area contributed by atoms with Gasteiger partial charge in [0.25, 0.3) is 0 Å². The molecule has 6 nitrogen and oxygen atoms in total. The van der Waals surface area contributed by atoms with Crippen molar-refractivity contribution in [3.63, 3.8) is 0 Å². The lowest BCUT2D eigenvalue weighted by Gasteiger charge is -2.18. The van der Waals surface area contributed by atoms with Crippen molar-refractivity contribution in [2.75, 3.05) is 13.2 Å². The van der Waals surface area contributed by atoms with Gasteiger partial charge in [0.05, 0.1) is 0 Å². The van der Waals surface area contributed by atoms with Gasteiger partial charge in [-0.3, -0.25) is 14.4 Å². The van der Waals surface area contributed by atoms with E-state index in [1.807, 2.05) is 0 Å². The second-order valence-corrected chi connectivity index (χ2v) is 22.4. The minimum atomic E-state index is -0.793. The number of allylic oxidation sites excluding steroid dienone is 8. The summed E-state index contributed by atoms with van der Waals surface area (Å²) in [7, 11) is 0. The molecule has 0 fully saturated rings. The van der Waals surface area contributed by atoms with Crippen LogP contribution in [0.5, 0.6) is 0 Å². The van der Waals surface area contributed by atoms with Crippen LogP contribution in [0, 0.1) is 0 Å². The highest BCUT2D eigenvalue weighted by Gasteiger charge is 2.19. The Balaban J connectivity index is 4.37. The van der Waals surface area contributed by atoms with Crippen molar-refractivity contribution in [1.82, 2.24) is 0 Å². The molecule has 0 aliphatic rings. The van der Waals surface area contributed by atoms with E-state index >= 15 is 0 Å². The maximum Gasteiger partial charge on any atom is 0.306 e. The number of carbonyl (C=O) groups is 3. The normalized spacial score (nSPS) is 12.3. The second-order valence-electron chi connectivity index (χ2n) is 22.4. The predicted octanol–water partition coefficient (Wildman–Crippen LogP) is 22.6. The molecule has 0 rings (SSSR count). The third-order valence-electron chi connectivity index (χ3n) is 14.8. The number of esters is 3. The first-order chi connectivity index (χ1) is 37.0. The third-order valence-corrected chi connectivity index (χ3v) is 14.8. The number of rotatable bonds is 61. The first kappa shape index (κ1) is 72.4. The van der Waals surface area contributed by atoms with E-state index in [-0.39, 0.29) is 37.5 Å². The minimum absolute atomic E-state index is 0.0848. The maximum atomic E-state index is 12.9. The maximum absolute atomic E-state index is 12.9. The number of ether oxygens (including phenoxy) is 3. The molecule has 0 aromatic heterocycles. The van der Waals surface area contributed by atoms with E-state index in [9.17, 15) is 14.4 Å². The molecule has 0 aliphatic carbocycles. The van der Waals surface area contributed by atoms with E-state index in [1.165, 1.54) is 244 Å². The van der Waals surface area contributed by atoms with Gasteiger partial charge >= 0.3 is 17.9 Å². The second kappa shape index (κ2) is 63.9. The smallest absolute Gasteiger partial charge is 0.306 e. The van der Waals surface area contributed by atoms with Gasteiger partial charge in [-0.1, -0.05) is 326 Å². The van der Waals surface area contributed by atoms with Gasteiger partial charge in [0.1, 0.15) is 13.2 Å². The van der Waals surface area contributed by atoms with Gasteiger partial charge in [0.15, 0.2) is 6.10 Å². The molecule has 1 atom stereocenters. The average molecular weight is 1050 g/mol. The molecule has 0 unspecified atom stereocenters. The van der Waals surface area contributed by atoms with Crippen molar-refractivity contribution in [1.29, 1.82) is 0 Å². The SMILES string of the molecule is CCCCC/C=C\C/C=C\C/C=C\C/C=C\CCCC(=O)OC[C@H](COC(=O)CCCCCCCCCCCCCCCCCCCCCCC)OC(=O)CCCCCCCCCCCCCCCCCCCCC. The van der Waals surface area contributed by atoms with Crippen LogP contribution in [0.25, 0.3) is 0 Å². The van der Waals surface area contributed by atoms with Crippen molar-refractivity contribution >= 4 is 17.9 Å². The molecule has 0 bridgehead atoms. The molecule has 0 saturated carbocycles. The van der Waals surface area contributed by atoms with Crippen LogP contribution >= 0.6 is 0 Å². The summed E-state index contributed by atoms with van der Waals surface area (Å²) >= 11 is 0. The lowest BCUT2D eigenvalue weighted by Crippen LogP contribution is -2.30. The molecule has 0 aromatic carbocycles. The largest absolute Gasteiger partial charge is 0.462 e. The molecule has 0 amide bonds. The zero-order valence-electron chi connectivity index (χ0n) is 50.3. The molecule has 0 spiro atoms. The van der Waals surface area contributed by atoms with Crippen molar-refractivity contribution in [2.45, 2.75) is 361 Å². The van der Waals surface area contributed by atoms with Crippen molar-refractivity contribution in [3.8, 4) is 0 Å². The van der Waals surface area contributed by atoms with Crippen LogP contribution < -0.4 is 0 Å². The number of carbonyl (C=O) groups excluding carboxylic acids is 3. The summed E-state index contributed by atoms with van der Waals surface area (Å²) in [5, 5.41) is 0. The van der Waals surface area contributed by atoms with Crippen molar-refractivity contribution in [3.05, 3.63) is 48.6 Å². The van der Waals surface area contributed by atoms with Crippen molar-refractivity contribution in [2.24, 2.45) is 0 Å². The van der Waals surface area contributed by atoms with Crippen LogP contribution in [-0.2, 0) is 28.6 Å². The average Bonchev–Trinajstić information content (AvgIpc) is 3.41. The Labute approximate surface area is 467 Å². The summed E-state index contributed by atoms with van der Waals surface area (Å²) in [6.07, 6.45) is 79.9. The summed E-state index contributed by atoms with van der Waals surface area (Å²) in [6, 6.07) is 0. The van der Waals surface area contributed by atoms with Crippen LogP contribution in [0.2, 0.25) is 0 Å². The molecular weight excluding hydrogens is 925 g/mol. The van der Waals surface area contributed by atoms with E-state index in [2.05, 4.69) is 69.4 Å². The molecule has 0 aliphatic heterocycles. The Morgan fingerprint density at radius 2 is 0.493 bits per heavy atom. The van der Waals surface area contributed by atoms with E-state index in [1.54, 1.807) is 0 Å². The number of unbranched alkanes of at least 4 members (excludes halogenated alkanes) is 42. The molecule has 0 N–H and O–H groups in total. The van der Waals surface area contributed by atoms with Gasteiger partial charge in [-0.05, 0) is 57.8 Å². The molecule has 438 valence electrons. The van der Waals surface area contributed by atoms with Gasteiger partial charge in [-0.25, -0.2) is 0 Å². The van der Waals surface area contributed by atoms with Gasteiger partial charge in [-0.2, -0.15) is 0 Å². The molecular formula is C69H126O6. The molecule has 75 heavy (non-hydrogen) atoms. The van der Waals surface area contributed by atoms with E-state index in [0.717, 1.165) is 64.2 Å². The molecule has 0 radical (unpaired) electrons. The number of hydrogen-bond acceptors (Lipinski definition) is 6. The standard InChI is InChI=1S/C69H126O6/c1-4-7-10-13-16-19-22-25-28-31-33-34-36-38-41-44-47-50-53-56-59-62-68(71)74-65-66(64-73-67(70)61-58-55-52-49-46-43-40-37-30-27-24-21-18-15-12-9-6-3)75-69(72)63-60-57-54-51-48-45-42-39-35-32-29-26-23-20-17-14-11-8-5-2/h18,21,27,30,40,43,49,52,66H,4-17,19-20,22-26,28-29,31-39,41-42,44-48,50-51,53-65H2,1-3H3/b21-18-,30-27-,43-40-,52-49-/t66-/m1/s1. The van der Waals surface area contributed by atoms with Gasteiger partial charge < -0.3 is 14.2 Å². The van der Waals surface area contributed by atoms with Crippen LogP contribution in [0.4, 0.5) is 0 Å². The topological polar surface area (TPSA) is 78.9 Å². The van der Waals surface area contributed by atoms with Gasteiger partial charge in [0, 0.05) is 19.3 Å². The highest BCUT2D eigenvalue weighted by Crippen LogP contribution is 2.18. The lowest BCUT2D eigenvalue weighted by atomic mass is 10.0. The summed E-state index contributed by atoms with van der Waals surface area (Å²) in [5.74, 6) is -0.918. The molecule has 0 heterocycles. The van der Waals surface area contributed by atoms with E-state index < -0.39 is 6.10 Å². The first-order valence-electron chi connectivity index (χ1n) is 33.1. The van der Waals surface area contributed by atoms with Crippen molar-refractivity contribution < 1.29 is 28.6 Å². The van der Waals surface area contributed by atoms with Crippen LogP contribution in [-0.4, -0.2) is 37.2 Å². The highest BCUT2D eigenvalue weighted by atomic mass is 16.6. The fourth-order valence-electron chi connectivity index (χ4n) is 9.85. The van der Waals surface area contributed by atoms with Gasteiger partial charge in [0.2, 0.25) is 0 Å². The molecule has 6 heteroatoms. The molecule has 0 aromatic rings. The summed E-state index contributed by atoms with van der Waals surface area (Å²) in [6.45, 7) is 6.63. The molecule has 0 saturated heterocycles. The van der Waals surface area contributed by atoms with Crippen LogP contribution in [0.1, 0.15) is 355 Å².